The van der Waals surface area contributed by atoms with Gasteiger partial charge in [-0.25, -0.2) is 0 Å². The number of primary amides is 1. The van der Waals surface area contributed by atoms with E-state index in [0.717, 1.165) is 5.56 Å². The van der Waals surface area contributed by atoms with Crippen molar-refractivity contribution in [3.8, 4) is 11.5 Å². The molecule has 0 fully saturated rings. The second-order valence-electron chi connectivity index (χ2n) is 8.18. The molecule has 0 bridgehead atoms. The summed E-state index contributed by atoms with van der Waals surface area (Å²) in [5.74, 6) is -2.36. The SMILES string of the molecule is CCOC(=O)CNC(=O)[C@H](c1cc(OC)ccc1OC)N(C(=O)c1snc(C(N)=O)c1N)c1ccc(C)cc1. The Bertz CT molecular complexity index is 1370. The fourth-order valence-electron chi connectivity index (χ4n) is 3.75. The van der Waals surface area contributed by atoms with Crippen LogP contribution in [0, 0.1) is 6.92 Å². The van der Waals surface area contributed by atoms with Crippen LogP contribution in [0.2, 0.25) is 0 Å². The lowest BCUT2D eigenvalue weighted by Crippen LogP contribution is -2.45. The van der Waals surface area contributed by atoms with Crippen molar-refractivity contribution >= 4 is 46.6 Å². The van der Waals surface area contributed by atoms with Gasteiger partial charge in [-0.15, -0.1) is 0 Å². The second kappa shape index (κ2) is 12.7. The van der Waals surface area contributed by atoms with Crippen molar-refractivity contribution in [1.29, 1.82) is 0 Å². The first-order chi connectivity index (χ1) is 18.6. The summed E-state index contributed by atoms with van der Waals surface area (Å²) in [5.41, 5.74) is 12.5. The number of hydrogen-bond donors (Lipinski definition) is 3. The average molecular weight is 556 g/mol. The molecule has 3 aromatic rings. The van der Waals surface area contributed by atoms with Crippen LogP contribution in [0.5, 0.6) is 11.5 Å². The smallest absolute Gasteiger partial charge is 0.325 e. The van der Waals surface area contributed by atoms with Crippen LogP contribution in [0.25, 0.3) is 0 Å². The maximum absolute atomic E-state index is 14.1. The van der Waals surface area contributed by atoms with Crippen molar-refractivity contribution < 1.29 is 33.4 Å². The van der Waals surface area contributed by atoms with Crippen LogP contribution in [-0.4, -0.2) is 55.4 Å². The Balaban J connectivity index is 2.25. The number of methoxy groups -OCH3 is 2. The van der Waals surface area contributed by atoms with Crippen LogP contribution in [-0.2, 0) is 14.3 Å². The molecular formula is C26H29N5O7S. The number of nitrogen functional groups attached to an aromatic ring is 1. The Labute approximate surface area is 229 Å². The summed E-state index contributed by atoms with van der Waals surface area (Å²) in [6.45, 7) is 3.19. The van der Waals surface area contributed by atoms with E-state index in [0.29, 0.717) is 23.0 Å². The van der Waals surface area contributed by atoms with Crippen molar-refractivity contribution in [2.75, 3.05) is 38.0 Å². The van der Waals surface area contributed by atoms with Crippen LogP contribution in [0.3, 0.4) is 0 Å². The van der Waals surface area contributed by atoms with E-state index in [1.165, 1.54) is 19.1 Å². The number of nitrogens with zero attached hydrogens (tertiary/aromatic N) is 2. The van der Waals surface area contributed by atoms with E-state index in [2.05, 4.69) is 9.69 Å². The molecule has 39 heavy (non-hydrogen) atoms. The molecule has 1 heterocycles. The number of anilines is 2. The van der Waals surface area contributed by atoms with Crippen LogP contribution >= 0.6 is 11.5 Å². The summed E-state index contributed by atoms with van der Waals surface area (Å²) in [4.78, 5) is 52.8. The molecule has 1 aromatic heterocycles. The molecule has 2 aromatic carbocycles. The molecular weight excluding hydrogens is 526 g/mol. The normalized spacial score (nSPS) is 11.3. The summed E-state index contributed by atoms with van der Waals surface area (Å²) in [7, 11) is 2.87. The first-order valence-electron chi connectivity index (χ1n) is 11.7. The minimum Gasteiger partial charge on any atom is -0.497 e. The number of nitrogens with one attached hydrogen (secondary N) is 1. The predicted octanol–water partition coefficient (Wildman–Crippen LogP) is 2.22. The number of aryl methyl sites for hydroxylation is 1. The highest BCUT2D eigenvalue weighted by molar-refractivity contribution is 7.09. The van der Waals surface area contributed by atoms with Gasteiger partial charge >= 0.3 is 5.97 Å². The Morgan fingerprint density at radius 3 is 2.33 bits per heavy atom. The van der Waals surface area contributed by atoms with Gasteiger partial charge in [0.2, 0.25) is 5.91 Å². The summed E-state index contributed by atoms with van der Waals surface area (Å²) in [5, 5.41) is 2.54. The van der Waals surface area contributed by atoms with E-state index in [-0.39, 0.29) is 34.2 Å². The van der Waals surface area contributed by atoms with Crippen molar-refractivity contribution in [2.24, 2.45) is 5.73 Å². The van der Waals surface area contributed by atoms with Crippen molar-refractivity contribution in [3.05, 3.63) is 64.2 Å². The molecule has 12 nitrogen and oxygen atoms in total. The fourth-order valence-corrected chi connectivity index (χ4v) is 4.49. The van der Waals surface area contributed by atoms with Crippen molar-refractivity contribution in [2.45, 2.75) is 19.9 Å². The monoisotopic (exact) mass is 555 g/mol. The highest BCUT2D eigenvalue weighted by Crippen LogP contribution is 2.38. The largest absolute Gasteiger partial charge is 0.497 e. The third kappa shape index (κ3) is 6.44. The van der Waals surface area contributed by atoms with E-state index in [9.17, 15) is 19.2 Å². The molecule has 206 valence electrons. The lowest BCUT2D eigenvalue weighted by Gasteiger charge is -2.32. The molecule has 0 aliphatic heterocycles. The minimum atomic E-state index is -1.39. The van der Waals surface area contributed by atoms with Gasteiger partial charge in [-0.2, -0.15) is 4.37 Å². The molecule has 5 N–H and O–H groups in total. The van der Waals surface area contributed by atoms with Gasteiger partial charge in [-0.1, -0.05) is 17.7 Å². The van der Waals surface area contributed by atoms with Gasteiger partial charge in [-0.05, 0) is 55.7 Å². The first-order valence-corrected chi connectivity index (χ1v) is 12.5. The maximum Gasteiger partial charge on any atom is 0.325 e. The van der Waals surface area contributed by atoms with Gasteiger partial charge in [0.05, 0.1) is 26.5 Å². The Morgan fingerprint density at radius 1 is 1.08 bits per heavy atom. The summed E-state index contributed by atoms with van der Waals surface area (Å²) < 4.78 is 19.8. The van der Waals surface area contributed by atoms with Crippen LogP contribution < -0.4 is 31.2 Å². The number of hydrogen-bond acceptors (Lipinski definition) is 10. The molecule has 3 amide bonds. The number of ether oxygens (including phenoxy) is 3. The zero-order valence-electron chi connectivity index (χ0n) is 21.8. The number of carbonyl (C=O) groups is 4. The molecule has 0 aliphatic carbocycles. The number of benzene rings is 2. The zero-order valence-corrected chi connectivity index (χ0v) is 22.7. The highest BCUT2D eigenvalue weighted by Gasteiger charge is 2.38. The average Bonchev–Trinajstić information content (AvgIpc) is 3.32. The lowest BCUT2D eigenvalue weighted by molar-refractivity contribution is -0.143. The molecule has 0 aliphatic rings. The third-order valence-electron chi connectivity index (χ3n) is 5.64. The summed E-state index contributed by atoms with van der Waals surface area (Å²) in [6, 6.07) is 10.2. The van der Waals surface area contributed by atoms with Gasteiger partial charge in [0.25, 0.3) is 11.8 Å². The molecule has 0 unspecified atom stereocenters. The van der Waals surface area contributed by atoms with Crippen LogP contribution in [0.15, 0.2) is 42.5 Å². The number of nitrogens with two attached hydrogens (primary N) is 2. The highest BCUT2D eigenvalue weighted by atomic mass is 32.1. The molecule has 3 rings (SSSR count). The number of carbonyl (C=O) groups excluding carboxylic acids is 4. The third-order valence-corrected chi connectivity index (χ3v) is 6.49. The van der Waals surface area contributed by atoms with E-state index in [1.807, 2.05) is 6.92 Å². The van der Waals surface area contributed by atoms with Crippen LogP contribution in [0.4, 0.5) is 11.4 Å². The summed E-state index contributed by atoms with van der Waals surface area (Å²) in [6.07, 6.45) is 0. The number of aromatic nitrogens is 1. The van der Waals surface area contributed by atoms with Gasteiger partial charge < -0.3 is 31.0 Å². The fraction of sp³-hybridized carbons (Fsp3) is 0.269. The van der Waals surface area contributed by atoms with Gasteiger partial charge in [-0.3, -0.25) is 24.1 Å². The van der Waals surface area contributed by atoms with Gasteiger partial charge in [0.1, 0.15) is 29.0 Å². The molecule has 0 spiro atoms. The first kappa shape index (κ1) is 28.9. The topological polar surface area (TPSA) is 176 Å². The predicted molar refractivity (Wildman–Crippen MR) is 145 cm³/mol. The molecule has 0 saturated carbocycles. The van der Waals surface area contributed by atoms with E-state index < -0.39 is 36.3 Å². The molecule has 0 saturated heterocycles. The lowest BCUT2D eigenvalue weighted by atomic mass is 10.0. The number of esters is 1. The minimum absolute atomic E-state index is 0.102. The Kier molecular flexibility index (Phi) is 9.44. The Morgan fingerprint density at radius 2 is 1.77 bits per heavy atom. The van der Waals surface area contributed by atoms with Crippen molar-refractivity contribution in [3.63, 3.8) is 0 Å². The van der Waals surface area contributed by atoms with Gasteiger partial charge in [0, 0.05) is 11.3 Å². The van der Waals surface area contributed by atoms with E-state index in [1.54, 1.807) is 49.4 Å². The molecule has 0 radical (unpaired) electrons. The quantitative estimate of drug-likeness (QED) is 0.299. The molecule has 13 heteroatoms. The Hall–Kier alpha value is -4.65. The van der Waals surface area contributed by atoms with E-state index in [4.69, 9.17) is 25.7 Å². The van der Waals surface area contributed by atoms with Crippen LogP contribution in [0.1, 0.15) is 44.3 Å². The second-order valence-corrected chi connectivity index (χ2v) is 8.96. The maximum atomic E-state index is 14.1. The molecule has 1 atom stereocenters. The summed E-state index contributed by atoms with van der Waals surface area (Å²) >= 11 is 0.677. The number of rotatable bonds is 11. The standard InChI is InChI=1S/C26H29N5O7S/c1-5-38-19(32)13-29-25(34)22(17-12-16(36-3)10-11-18(17)37-4)31(15-8-6-14(2)7-9-15)26(35)23-20(27)21(24(28)33)30-39-23/h6-12,22H,5,13,27H2,1-4H3,(H2,28,33)(H,29,34)/t22-/m0/s1. The van der Waals surface area contributed by atoms with E-state index >= 15 is 0 Å². The number of amides is 3. The zero-order chi connectivity index (χ0) is 28.7. The van der Waals surface area contributed by atoms with Crippen molar-refractivity contribution in [1.82, 2.24) is 9.69 Å². The van der Waals surface area contributed by atoms with Gasteiger partial charge in [0.15, 0.2) is 5.69 Å².